The standard InChI is InChI=1S/C16H14BrFN2O/c17-10-3-1-4-11(9-10)20-16(15(19)21)8-7-12-13(16)5-2-6-14(12)18/h1-6,9,20H,7-8H2,(H2,19,21). The van der Waals surface area contributed by atoms with Crippen molar-refractivity contribution in [1.29, 1.82) is 0 Å². The van der Waals surface area contributed by atoms with E-state index in [1.807, 2.05) is 24.3 Å². The zero-order valence-corrected chi connectivity index (χ0v) is 12.8. The van der Waals surface area contributed by atoms with Crippen molar-refractivity contribution in [1.82, 2.24) is 0 Å². The van der Waals surface area contributed by atoms with Crippen molar-refractivity contribution in [2.75, 3.05) is 5.32 Å². The molecule has 0 bridgehead atoms. The molecule has 1 atom stereocenters. The second kappa shape index (κ2) is 5.15. The van der Waals surface area contributed by atoms with Gasteiger partial charge in [-0.3, -0.25) is 4.79 Å². The van der Waals surface area contributed by atoms with Gasteiger partial charge in [0.1, 0.15) is 11.4 Å². The van der Waals surface area contributed by atoms with Crippen LogP contribution < -0.4 is 11.1 Å². The monoisotopic (exact) mass is 348 g/mol. The van der Waals surface area contributed by atoms with Crippen LogP contribution in [0, 0.1) is 5.82 Å². The number of carbonyl (C=O) groups is 1. The normalized spacial score (nSPS) is 20.1. The molecule has 3 nitrogen and oxygen atoms in total. The van der Waals surface area contributed by atoms with Crippen LogP contribution in [-0.4, -0.2) is 5.91 Å². The van der Waals surface area contributed by atoms with E-state index in [9.17, 15) is 9.18 Å². The molecule has 0 saturated carbocycles. The largest absolute Gasteiger partial charge is 0.368 e. The first-order valence-corrected chi connectivity index (χ1v) is 7.44. The third-order valence-electron chi connectivity index (χ3n) is 3.93. The number of hydrogen-bond acceptors (Lipinski definition) is 2. The molecule has 0 aliphatic heterocycles. The smallest absolute Gasteiger partial charge is 0.247 e. The quantitative estimate of drug-likeness (QED) is 0.893. The Hall–Kier alpha value is -1.88. The minimum Gasteiger partial charge on any atom is -0.368 e. The first kappa shape index (κ1) is 14.1. The highest BCUT2D eigenvalue weighted by Crippen LogP contribution is 2.40. The summed E-state index contributed by atoms with van der Waals surface area (Å²) in [5.74, 6) is -0.779. The number of nitrogens with one attached hydrogen (secondary N) is 1. The van der Waals surface area contributed by atoms with Crippen LogP contribution in [0.3, 0.4) is 0 Å². The molecule has 2 aromatic carbocycles. The zero-order chi connectivity index (χ0) is 15.0. The maximum Gasteiger partial charge on any atom is 0.247 e. The third-order valence-corrected chi connectivity index (χ3v) is 4.42. The maximum atomic E-state index is 13.9. The van der Waals surface area contributed by atoms with Gasteiger partial charge >= 0.3 is 0 Å². The molecule has 5 heteroatoms. The van der Waals surface area contributed by atoms with E-state index in [1.165, 1.54) is 6.07 Å². The number of anilines is 1. The van der Waals surface area contributed by atoms with Gasteiger partial charge in [0.15, 0.2) is 0 Å². The fraction of sp³-hybridized carbons (Fsp3) is 0.188. The Balaban J connectivity index is 2.08. The molecule has 0 radical (unpaired) electrons. The van der Waals surface area contributed by atoms with Gasteiger partial charge in [0.05, 0.1) is 0 Å². The summed E-state index contributed by atoms with van der Waals surface area (Å²) in [6, 6.07) is 12.3. The summed E-state index contributed by atoms with van der Waals surface area (Å²) >= 11 is 3.39. The predicted octanol–water partition coefficient (Wildman–Crippen LogP) is 3.33. The summed E-state index contributed by atoms with van der Waals surface area (Å²) in [5, 5.41) is 3.21. The van der Waals surface area contributed by atoms with Crippen molar-refractivity contribution in [3.8, 4) is 0 Å². The fourth-order valence-electron chi connectivity index (χ4n) is 2.92. The maximum absolute atomic E-state index is 13.9. The summed E-state index contributed by atoms with van der Waals surface area (Å²) in [4.78, 5) is 12.1. The Morgan fingerprint density at radius 3 is 2.76 bits per heavy atom. The molecular formula is C16H14BrFN2O. The Labute approximate surface area is 130 Å². The molecule has 0 aromatic heterocycles. The molecule has 0 spiro atoms. The van der Waals surface area contributed by atoms with Crippen LogP contribution in [0.25, 0.3) is 0 Å². The van der Waals surface area contributed by atoms with Crippen LogP contribution >= 0.6 is 15.9 Å². The van der Waals surface area contributed by atoms with Crippen molar-refractivity contribution < 1.29 is 9.18 Å². The molecule has 0 heterocycles. The highest BCUT2D eigenvalue weighted by Gasteiger charge is 2.45. The average molecular weight is 349 g/mol. The van der Waals surface area contributed by atoms with Gasteiger partial charge < -0.3 is 11.1 Å². The SMILES string of the molecule is NC(=O)C1(Nc2cccc(Br)c2)CCc2c(F)cccc21. The van der Waals surface area contributed by atoms with E-state index in [4.69, 9.17) is 5.73 Å². The molecule has 21 heavy (non-hydrogen) atoms. The van der Waals surface area contributed by atoms with E-state index in [0.29, 0.717) is 24.0 Å². The Morgan fingerprint density at radius 1 is 1.29 bits per heavy atom. The number of hydrogen-bond donors (Lipinski definition) is 2. The number of benzene rings is 2. The lowest BCUT2D eigenvalue weighted by molar-refractivity contribution is -0.122. The van der Waals surface area contributed by atoms with Gasteiger partial charge in [-0.2, -0.15) is 0 Å². The van der Waals surface area contributed by atoms with E-state index in [1.54, 1.807) is 12.1 Å². The Bertz CT molecular complexity index is 719. The second-order valence-corrected chi connectivity index (χ2v) is 6.09. The van der Waals surface area contributed by atoms with Crippen molar-refractivity contribution in [2.24, 2.45) is 5.73 Å². The molecule has 1 aliphatic rings. The number of halogens is 2. The second-order valence-electron chi connectivity index (χ2n) is 5.17. The molecular weight excluding hydrogens is 335 g/mol. The number of nitrogens with two attached hydrogens (primary N) is 1. The lowest BCUT2D eigenvalue weighted by atomic mass is 9.90. The molecule has 0 saturated heterocycles. The summed E-state index contributed by atoms with van der Waals surface area (Å²) in [7, 11) is 0. The van der Waals surface area contributed by atoms with Crippen LogP contribution in [0.4, 0.5) is 10.1 Å². The molecule has 2 aromatic rings. The van der Waals surface area contributed by atoms with Crippen LogP contribution in [0.2, 0.25) is 0 Å². The number of amides is 1. The van der Waals surface area contributed by atoms with Crippen molar-refractivity contribution >= 4 is 27.5 Å². The number of carbonyl (C=O) groups excluding carboxylic acids is 1. The third kappa shape index (κ3) is 2.31. The first-order valence-electron chi connectivity index (χ1n) is 6.64. The van der Waals surface area contributed by atoms with Gasteiger partial charge in [0.2, 0.25) is 5.91 Å². The Morgan fingerprint density at radius 2 is 2.05 bits per heavy atom. The Kier molecular flexibility index (Phi) is 3.45. The van der Waals surface area contributed by atoms with Crippen molar-refractivity contribution in [3.05, 3.63) is 63.9 Å². The van der Waals surface area contributed by atoms with Gasteiger partial charge in [0, 0.05) is 10.2 Å². The summed E-state index contributed by atoms with van der Waals surface area (Å²) in [5.41, 5.74) is 6.56. The van der Waals surface area contributed by atoms with E-state index in [2.05, 4.69) is 21.2 Å². The summed E-state index contributed by atoms with van der Waals surface area (Å²) < 4.78 is 14.8. The van der Waals surface area contributed by atoms with Crippen LogP contribution in [0.5, 0.6) is 0 Å². The first-order chi connectivity index (χ1) is 10.0. The number of primary amides is 1. The summed E-state index contributed by atoms with van der Waals surface area (Å²) in [6.07, 6.45) is 0.942. The molecule has 1 aliphatic carbocycles. The van der Waals surface area contributed by atoms with E-state index in [0.717, 1.165) is 10.2 Å². The zero-order valence-electron chi connectivity index (χ0n) is 11.2. The fourth-order valence-corrected chi connectivity index (χ4v) is 3.32. The molecule has 1 unspecified atom stereocenters. The van der Waals surface area contributed by atoms with E-state index >= 15 is 0 Å². The van der Waals surface area contributed by atoms with Gasteiger partial charge in [-0.15, -0.1) is 0 Å². The van der Waals surface area contributed by atoms with Crippen LogP contribution in [0.1, 0.15) is 17.5 Å². The lowest BCUT2D eigenvalue weighted by Crippen LogP contribution is -2.46. The van der Waals surface area contributed by atoms with Crippen LogP contribution in [0.15, 0.2) is 46.9 Å². The van der Waals surface area contributed by atoms with Gasteiger partial charge in [-0.1, -0.05) is 34.1 Å². The summed E-state index contributed by atoms with van der Waals surface area (Å²) in [6.45, 7) is 0. The van der Waals surface area contributed by atoms with Gasteiger partial charge in [-0.05, 0) is 48.2 Å². The van der Waals surface area contributed by atoms with E-state index < -0.39 is 11.4 Å². The topological polar surface area (TPSA) is 55.1 Å². The molecule has 3 N–H and O–H groups in total. The average Bonchev–Trinajstić information content (AvgIpc) is 2.81. The van der Waals surface area contributed by atoms with Crippen molar-refractivity contribution in [3.63, 3.8) is 0 Å². The van der Waals surface area contributed by atoms with Gasteiger partial charge in [-0.25, -0.2) is 4.39 Å². The van der Waals surface area contributed by atoms with E-state index in [-0.39, 0.29) is 5.82 Å². The molecule has 1 amide bonds. The lowest BCUT2D eigenvalue weighted by Gasteiger charge is -2.29. The number of rotatable bonds is 3. The predicted molar refractivity (Wildman–Crippen MR) is 83.4 cm³/mol. The minimum absolute atomic E-state index is 0.285. The van der Waals surface area contributed by atoms with Crippen molar-refractivity contribution in [2.45, 2.75) is 18.4 Å². The number of fused-ring (bicyclic) bond motifs is 1. The molecule has 108 valence electrons. The van der Waals surface area contributed by atoms with Gasteiger partial charge in [0.25, 0.3) is 0 Å². The van der Waals surface area contributed by atoms with Crippen LogP contribution in [-0.2, 0) is 16.8 Å². The molecule has 3 rings (SSSR count). The highest BCUT2D eigenvalue weighted by molar-refractivity contribution is 9.10. The molecule has 0 fully saturated rings. The highest BCUT2D eigenvalue weighted by atomic mass is 79.9. The minimum atomic E-state index is -1.06.